The third-order valence-electron chi connectivity index (χ3n) is 3.59. The van der Waals surface area contributed by atoms with Gasteiger partial charge in [-0.2, -0.15) is 0 Å². The summed E-state index contributed by atoms with van der Waals surface area (Å²) in [6.07, 6.45) is 7.28. The van der Waals surface area contributed by atoms with Gasteiger partial charge in [0, 0.05) is 25.2 Å². The van der Waals surface area contributed by atoms with E-state index < -0.39 is 0 Å². The minimum Gasteiger partial charge on any atom is -0.311 e. The lowest BCUT2D eigenvalue weighted by molar-refractivity contribution is 0.228. The molecule has 2 fully saturated rings. The lowest BCUT2D eigenvalue weighted by Crippen LogP contribution is -2.56. The van der Waals surface area contributed by atoms with Crippen LogP contribution in [0.5, 0.6) is 0 Å². The Hall–Kier alpha value is -0.0800. The molecule has 0 aromatic rings. The van der Waals surface area contributed by atoms with E-state index in [4.69, 9.17) is 0 Å². The van der Waals surface area contributed by atoms with Gasteiger partial charge < -0.3 is 10.6 Å². The second kappa shape index (κ2) is 4.43. The predicted molar refractivity (Wildman–Crippen MR) is 55.8 cm³/mol. The minimum absolute atomic E-state index is 0.667. The Bertz CT molecular complexity index is 144. The smallest absolute Gasteiger partial charge is 0.0221 e. The van der Waals surface area contributed by atoms with Crippen LogP contribution in [-0.4, -0.2) is 25.2 Å². The van der Waals surface area contributed by atoms with Crippen molar-refractivity contribution in [2.75, 3.05) is 13.1 Å². The van der Waals surface area contributed by atoms with E-state index in [1.807, 2.05) is 0 Å². The van der Waals surface area contributed by atoms with Gasteiger partial charge in [0.15, 0.2) is 0 Å². The van der Waals surface area contributed by atoms with Gasteiger partial charge in [0.05, 0.1) is 0 Å². The van der Waals surface area contributed by atoms with Gasteiger partial charge >= 0.3 is 0 Å². The number of hydrogen-bond acceptors (Lipinski definition) is 2. The van der Waals surface area contributed by atoms with E-state index >= 15 is 0 Å². The van der Waals surface area contributed by atoms with Crippen LogP contribution < -0.4 is 10.6 Å². The van der Waals surface area contributed by atoms with Crippen LogP contribution in [-0.2, 0) is 0 Å². The van der Waals surface area contributed by atoms with Gasteiger partial charge in [0.1, 0.15) is 0 Å². The molecule has 0 radical (unpaired) electrons. The Morgan fingerprint density at radius 3 is 2.31 bits per heavy atom. The predicted octanol–water partition coefficient (Wildman–Crippen LogP) is 1.52. The molecule has 2 nitrogen and oxygen atoms in total. The summed E-state index contributed by atoms with van der Waals surface area (Å²) < 4.78 is 0. The fourth-order valence-corrected chi connectivity index (χ4v) is 2.67. The van der Waals surface area contributed by atoms with Gasteiger partial charge in [-0.1, -0.05) is 19.3 Å². The van der Waals surface area contributed by atoms with Crippen molar-refractivity contribution < 1.29 is 0 Å². The number of rotatable bonds is 1. The zero-order valence-corrected chi connectivity index (χ0v) is 8.68. The molecule has 1 saturated carbocycles. The van der Waals surface area contributed by atoms with Gasteiger partial charge in [-0.25, -0.2) is 0 Å². The summed E-state index contributed by atoms with van der Waals surface area (Å²) in [4.78, 5) is 0. The fraction of sp³-hybridized carbons (Fsp3) is 1.00. The molecule has 0 aromatic heterocycles. The van der Waals surface area contributed by atoms with Crippen molar-refractivity contribution in [2.45, 2.75) is 51.1 Å². The maximum atomic E-state index is 3.68. The lowest BCUT2D eigenvalue weighted by Gasteiger charge is -2.36. The molecule has 1 aliphatic carbocycles. The first-order valence-electron chi connectivity index (χ1n) is 5.83. The summed E-state index contributed by atoms with van der Waals surface area (Å²) in [5, 5.41) is 7.24. The van der Waals surface area contributed by atoms with Crippen molar-refractivity contribution in [3.8, 4) is 0 Å². The van der Waals surface area contributed by atoms with E-state index in [9.17, 15) is 0 Å². The minimum atomic E-state index is 0.667. The summed E-state index contributed by atoms with van der Waals surface area (Å²) in [6.45, 7) is 4.59. The summed E-state index contributed by atoms with van der Waals surface area (Å²) in [5.41, 5.74) is 0. The molecule has 1 aliphatic heterocycles. The van der Waals surface area contributed by atoms with Crippen molar-refractivity contribution in [2.24, 2.45) is 5.92 Å². The van der Waals surface area contributed by atoms with Crippen molar-refractivity contribution >= 4 is 0 Å². The molecule has 2 heteroatoms. The number of piperazine rings is 1. The molecule has 2 N–H and O–H groups in total. The van der Waals surface area contributed by atoms with E-state index in [1.54, 1.807) is 0 Å². The van der Waals surface area contributed by atoms with Crippen LogP contribution in [0, 0.1) is 5.92 Å². The van der Waals surface area contributed by atoms with Crippen molar-refractivity contribution in [3.05, 3.63) is 0 Å². The molecule has 2 rings (SSSR count). The SMILES string of the molecule is CC1CNC(C2CCCCC2)CN1. The summed E-state index contributed by atoms with van der Waals surface area (Å²) >= 11 is 0. The Morgan fingerprint density at radius 1 is 0.923 bits per heavy atom. The molecule has 76 valence electrons. The molecular weight excluding hydrogens is 160 g/mol. The summed E-state index contributed by atoms with van der Waals surface area (Å²) in [5.74, 6) is 0.953. The lowest BCUT2D eigenvalue weighted by atomic mass is 9.83. The summed E-state index contributed by atoms with van der Waals surface area (Å²) in [7, 11) is 0. The highest BCUT2D eigenvalue weighted by Crippen LogP contribution is 2.26. The van der Waals surface area contributed by atoms with E-state index in [0.717, 1.165) is 18.5 Å². The van der Waals surface area contributed by atoms with E-state index in [1.165, 1.54) is 38.6 Å². The van der Waals surface area contributed by atoms with Crippen LogP contribution in [0.2, 0.25) is 0 Å². The Labute approximate surface area is 81.5 Å². The van der Waals surface area contributed by atoms with Gasteiger partial charge in [-0.3, -0.25) is 0 Å². The topological polar surface area (TPSA) is 24.1 Å². The first kappa shape index (κ1) is 9.47. The Kier molecular flexibility index (Phi) is 3.23. The third kappa shape index (κ3) is 2.44. The maximum Gasteiger partial charge on any atom is 0.0221 e. The van der Waals surface area contributed by atoms with Crippen LogP contribution in [0.4, 0.5) is 0 Å². The van der Waals surface area contributed by atoms with Crippen LogP contribution >= 0.6 is 0 Å². The largest absolute Gasteiger partial charge is 0.311 e. The Morgan fingerprint density at radius 2 is 1.69 bits per heavy atom. The van der Waals surface area contributed by atoms with Gasteiger partial charge in [-0.05, 0) is 25.7 Å². The average Bonchev–Trinajstić information content (AvgIpc) is 2.20. The molecule has 13 heavy (non-hydrogen) atoms. The maximum absolute atomic E-state index is 3.68. The monoisotopic (exact) mass is 182 g/mol. The molecule has 0 aromatic carbocycles. The molecule has 2 aliphatic rings. The second-order valence-corrected chi connectivity index (χ2v) is 4.72. The number of nitrogens with one attached hydrogen (secondary N) is 2. The normalized spacial score (nSPS) is 37.6. The highest BCUT2D eigenvalue weighted by Gasteiger charge is 2.26. The summed E-state index contributed by atoms with van der Waals surface area (Å²) in [6, 6.07) is 1.43. The molecule has 1 saturated heterocycles. The van der Waals surface area contributed by atoms with Crippen LogP contribution in [0.1, 0.15) is 39.0 Å². The van der Waals surface area contributed by atoms with Gasteiger partial charge in [0.2, 0.25) is 0 Å². The van der Waals surface area contributed by atoms with E-state index in [0.29, 0.717) is 6.04 Å². The van der Waals surface area contributed by atoms with E-state index in [2.05, 4.69) is 17.6 Å². The molecule has 0 bridgehead atoms. The van der Waals surface area contributed by atoms with Crippen LogP contribution in [0.25, 0.3) is 0 Å². The quantitative estimate of drug-likeness (QED) is 0.642. The standard InChI is InChI=1S/C11H22N2/c1-9-7-13-11(8-12-9)10-5-3-2-4-6-10/h9-13H,2-8H2,1H3. The zero-order valence-electron chi connectivity index (χ0n) is 8.68. The fourth-order valence-electron chi connectivity index (χ4n) is 2.67. The van der Waals surface area contributed by atoms with Crippen molar-refractivity contribution in [1.82, 2.24) is 10.6 Å². The second-order valence-electron chi connectivity index (χ2n) is 4.72. The van der Waals surface area contributed by atoms with Crippen LogP contribution in [0.15, 0.2) is 0 Å². The van der Waals surface area contributed by atoms with E-state index in [-0.39, 0.29) is 0 Å². The van der Waals surface area contributed by atoms with Crippen LogP contribution in [0.3, 0.4) is 0 Å². The molecule has 0 spiro atoms. The van der Waals surface area contributed by atoms with Crippen molar-refractivity contribution in [1.29, 1.82) is 0 Å². The Balaban J connectivity index is 1.79. The first-order valence-corrected chi connectivity index (χ1v) is 5.83. The molecule has 0 amide bonds. The van der Waals surface area contributed by atoms with Gasteiger partial charge in [0.25, 0.3) is 0 Å². The highest BCUT2D eigenvalue weighted by atomic mass is 15.1. The first-order chi connectivity index (χ1) is 6.36. The third-order valence-corrected chi connectivity index (χ3v) is 3.59. The molecular formula is C11H22N2. The molecule has 2 unspecified atom stereocenters. The zero-order chi connectivity index (χ0) is 9.10. The van der Waals surface area contributed by atoms with Gasteiger partial charge in [-0.15, -0.1) is 0 Å². The van der Waals surface area contributed by atoms with Crippen molar-refractivity contribution in [3.63, 3.8) is 0 Å². The number of hydrogen-bond donors (Lipinski definition) is 2. The molecule has 2 atom stereocenters. The molecule has 1 heterocycles. The average molecular weight is 182 g/mol. The highest BCUT2D eigenvalue weighted by molar-refractivity contribution is 4.86.